The molecule has 0 saturated carbocycles. The molecule has 4 aromatic rings. The number of methoxy groups -OCH3 is 1. The van der Waals surface area contributed by atoms with Gasteiger partial charge in [-0.3, -0.25) is 14.6 Å². The highest BCUT2D eigenvalue weighted by molar-refractivity contribution is 6.05. The molecule has 8 nitrogen and oxygen atoms in total. The minimum absolute atomic E-state index is 0.264. The maximum absolute atomic E-state index is 13.0. The monoisotopic (exact) mass is 495 g/mol. The third-order valence-corrected chi connectivity index (χ3v) is 5.90. The predicted molar refractivity (Wildman–Crippen MR) is 139 cm³/mol. The number of benzene rings is 3. The summed E-state index contributed by atoms with van der Waals surface area (Å²) in [5.41, 5.74) is 3.40. The summed E-state index contributed by atoms with van der Waals surface area (Å²) in [4.78, 5) is 29.7. The number of fused-ring (bicyclic) bond motifs is 1. The molecule has 0 aliphatic carbocycles. The molecule has 1 aromatic heterocycles. The Hall–Kier alpha value is -4.85. The summed E-state index contributed by atoms with van der Waals surface area (Å²) in [5, 5.41) is 5.72. The molecule has 1 aliphatic rings. The molecule has 1 aliphatic heterocycles. The van der Waals surface area contributed by atoms with Crippen LogP contribution in [0, 0.1) is 0 Å². The van der Waals surface area contributed by atoms with Gasteiger partial charge in [-0.25, -0.2) is 0 Å². The van der Waals surface area contributed by atoms with Gasteiger partial charge in [-0.1, -0.05) is 24.3 Å². The third-order valence-electron chi connectivity index (χ3n) is 5.90. The summed E-state index contributed by atoms with van der Waals surface area (Å²) in [6, 6.07) is 23.2. The number of amides is 2. The van der Waals surface area contributed by atoms with Gasteiger partial charge in [0.15, 0.2) is 17.6 Å². The zero-order valence-corrected chi connectivity index (χ0v) is 20.1. The largest absolute Gasteiger partial charge is 0.493 e. The number of anilines is 2. The normalized spacial score (nSPS) is 13.7. The quantitative estimate of drug-likeness (QED) is 0.362. The van der Waals surface area contributed by atoms with E-state index < -0.39 is 6.10 Å². The van der Waals surface area contributed by atoms with Crippen molar-refractivity contribution in [3.63, 3.8) is 0 Å². The van der Waals surface area contributed by atoms with Gasteiger partial charge in [0.1, 0.15) is 12.4 Å². The Balaban J connectivity index is 1.23. The summed E-state index contributed by atoms with van der Waals surface area (Å²) in [7, 11) is 1.56. The zero-order valence-electron chi connectivity index (χ0n) is 20.1. The summed E-state index contributed by atoms with van der Waals surface area (Å²) < 4.78 is 17.1. The van der Waals surface area contributed by atoms with Gasteiger partial charge in [0.2, 0.25) is 0 Å². The van der Waals surface area contributed by atoms with Crippen LogP contribution in [0.25, 0.3) is 0 Å². The highest BCUT2D eigenvalue weighted by Crippen LogP contribution is 2.31. The summed E-state index contributed by atoms with van der Waals surface area (Å²) in [6.07, 6.45) is 3.29. The van der Waals surface area contributed by atoms with Gasteiger partial charge >= 0.3 is 0 Å². The highest BCUT2D eigenvalue weighted by Gasteiger charge is 2.28. The van der Waals surface area contributed by atoms with Gasteiger partial charge in [-0.15, -0.1) is 0 Å². The van der Waals surface area contributed by atoms with Crippen LogP contribution < -0.4 is 24.8 Å². The molecule has 1 unspecified atom stereocenters. The van der Waals surface area contributed by atoms with Crippen molar-refractivity contribution in [2.24, 2.45) is 0 Å². The Kier molecular flexibility index (Phi) is 6.98. The van der Waals surface area contributed by atoms with Gasteiger partial charge in [-0.05, 0) is 59.7 Å². The Labute approximate surface area is 214 Å². The number of carbonyl (C=O) groups is 2. The van der Waals surface area contributed by atoms with E-state index in [9.17, 15) is 9.59 Å². The van der Waals surface area contributed by atoms with Crippen LogP contribution in [0.15, 0.2) is 91.3 Å². The number of ether oxygens (including phenoxy) is 3. The molecule has 0 fully saturated rings. The van der Waals surface area contributed by atoms with Gasteiger partial charge in [0.25, 0.3) is 11.8 Å². The lowest BCUT2D eigenvalue weighted by Gasteiger charge is -2.14. The van der Waals surface area contributed by atoms with Crippen LogP contribution in [-0.2, 0) is 17.8 Å². The van der Waals surface area contributed by atoms with Crippen molar-refractivity contribution < 1.29 is 23.8 Å². The van der Waals surface area contributed by atoms with E-state index in [0.717, 1.165) is 16.9 Å². The number of nitrogens with zero attached hydrogens (tertiary/aromatic N) is 1. The molecule has 0 radical (unpaired) electrons. The minimum atomic E-state index is -0.611. The van der Waals surface area contributed by atoms with Crippen molar-refractivity contribution in [2.45, 2.75) is 19.1 Å². The Morgan fingerprint density at radius 2 is 1.73 bits per heavy atom. The second-order valence-electron chi connectivity index (χ2n) is 8.45. The van der Waals surface area contributed by atoms with Crippen LogP contribution in [0.1, 0.15) is 21.5 Å². The molecular formula is C29H25N3O5. The Morgan fingerprint density at radius 1 is 0.919 bits per heavy atom. The molecular weight excluding hydrogens is 470 g/mol. The van der Waals surface area contributed by atoms with Crippen molar-refractivity contribution in [1.82, 2.24) is 4.98 Å². The first-order chi connectivity index (χ1) is 18.1. The van der Waals surface area contributed by atoms with Crippen LogP contribution >= 0.6 is 0 Å². The average Bonchev–Trinajstić information content (AvgIpc) is 3.37. The fraction of sp³-hybridized carbons (Fsp3) is 0.138. The molecule has 2 heterocycles. The van der Waals surface area contributed by atoms with E-state index in [1.54, 1.807) is 62.0 Å². The molecule has 1 atom stereocenters. The molecule has 0 saturated heterocycles. The fourth-order valence-electron chi connectivity index (χ4n) is 4.00. The van der Waals surface area contributed by atoms with E-state index >= 15 is 0 Å². The van der Waals surface area contributed by atoms with Gasteiger partial charge in [0.05, 0.1) is 7.11 Å². The lowest BCUT2D eigenvalue weighted by Crippen LogP contribution is -2.31. The first-order valence-corrected chi connectivity index (χ1v) is 11.8. The zero-order chi connectivity index (χ0) is 25.6. The number of aromatic nitrogens is 1. The van der Waals surface area contributed by atoms with Crippen molar-refractivity contribution >= 4 is 23.2 Å². The highest BCUT2D eigenvalue weighted by atomic mass is 16.5. The van der Waals surface area contributed by atoms with E-state index in [4.69, 9.17) is 14.2 Å². The number of para-hydroxylation sites is 1. The molecule has 0 spiro atoms. The Morgan fingerprint density at radius 3 is 2.54 bits per heavy atom. The van der Waals surface area contributed by atoms with Crippen LogP contribution in [0.3, 0.4) is 0 Å². The summed E-state index contributed by atoms with van der Waals surface area (Å²) >= 11 is 0. The van der Waals surface area contributed by atoms with Crippen LogP contribution in [0.5, 0.6) is 17.2 Å². The lowest BCUT2D eigenvalue weighted by atomic mass is 10.1. The number of nitrogens with one attached hydrogen (secondary N) is 2. The number of rotatable bonds is 8. The van der Waals surface area contributed by atoms with Gasteiger partial charge < -0.3 is 24.8 Å². The SMILES string of the molecule is COc1ccc(NC(=O)c2cccc(NC(=O)C3Cc4ccccc4O3)c2)cc1OCc1ccncc1. The average molecular weight is 496 g/mol. The molecule has 2 N–H and O–H groups in total. The number of hydrogen-bond acceptors (Lipinski definition) is 6. The summed E-state index contributed by atoms with van der Waals surface area (Å²) in [6.45, 7) is 0.327. The predicted octanol–water partition coefficient (Wildman–Crippen LogP) is 4.86. The van der Waals surface area contributed by atoms with Crippen molar-refractivity contribution in [1.29, 1.82) is 0 Å². The first-order valence-electron chi connectivity index (χ1n) is 11.8. The molecule has 3 aromatic carbocycles. The van der Waals surface area contributed by atoms with Crippen LogP contribution in [0.2, 0.25) is 0 Å². The molecule has 8 heteroatoms. The van der Waals surface area contributed by atoms with Gasteiger partial charge in [0, 0.05) is 41.8 Å². The summed E-state index contributed by atoms with van der Waals surface area (Å²) in [5.74, 6) is 1.17. The van der Waals surface area contributed by atoms with Crippen LogP contribution in [-0.4, -0.2) is 30.0 Å². The van der Waals surface area contributed by atoms with Crippen molar-refractivity contribution in [2.75, 3.05) is 17.7 Å². The van der Waals surface area contributed by atoms with E-state index in [0.29, 0.717) is 41.5 Å². The number of hydrogen-bond donors (Lipinski definition) is 2. The van der Waals surface area contributed by atoms with Crippen molar-refractivity contribution in [3.8, 4) is 17.2 Å². The topological polar surface area (TPSA) is 98.8 Å². The number of carbonyl (C=O) groups excluding carboxylic acids is 2. The van der Waals surface area contributed by atoms with Crippen LogP contribution in [0.4, 0.5) is 11.4 Å². The van der Waals surface area contributed by atoms with E-state index in [2.05, 4.69) is 15.6 Å². The fourth-order valence-corrected chi connectivity index (χ4v) is 4.00. The second kappa shape index (κ2) is 10.8. The van der Waals surface area contributed by atoms with E-state index in [-0.39, 0.29) is 11.8 Å². The lowest BCUT2D eigenvalue weighted by molar-refractivity contribution is -0.122. The molecule has 0 bridgehead atoms. The minimum Gasteiger partial charge on any atom is -0.493 e. The molecule has 186 valence electrons. The second-order valence-corrected chi connectivity index (χ2v) is 8.45. The van der Waals surface area contributed by atoms with Gasteiger partial charge in [-0.2, -0.15) is 0 Å². The molecule has 5 rings (SSSR count). The van der Waals surface area contributed by atoms with Crippen molar-refractivity contribution in [3.05, 3.63) is 108 Å². The number of pyridine rings is 1. The Bertz CT molecular complexity index is 1400. The van der Waals surface area contributed by atoms with E-state index in [1.807, 2.05) is 36.4 Å². The molecule has 37 heavy (non-hydrogen) atoms. The maximum Gasteiger partial charge on any atom is 0.265 e. The first kappa shape index (κ1) is 23.9. The standard InChI is InChI=1S/C29H25N3O5/c1-35-25-10-9-23(17-26(25)36-18-19-11-13-30-14-12-19)31-28(33)21-6-4-7-22(15-21)32-29(34)27-16-20-5-2-3-8-24(20)37-27/h2-15,17,27H,16,18H2,1H3,(H,31,33)(H,32,34). The molecule has 2 amide bonds. The van der Waals surface area contributed by atoms with E-state index in [1.165, 1.54) is 0 Å². The third kappa shape index (κ3) is 5.70. The smallest absolute Gasteiger partial charge is 0.265 e. The maximum atomic E-state index is 13.0.